The van der Waals surface area contributed by atoms with Crippen molar-refractivity contribution in [2.45, 2.75) is 18.1 Å². The number of hydrogen-bond donors (Lipinski definition) is 2. The highest BCUT2D eigenvalue weighted by atomic mass is 32.2. The second kappa shape index (κ2) is 6.45. The van der Waals surface area contributed by atoms with E-state index in [4.69, 9.17) is 10.8 Å². The molecule has 1 aromatic rings. The molecule has 96 valence electrons. The number of nitrogen functional groups attached to an aromatic ring is 1. The lowest BCUT2D eigenvalue weighted by molar-refractivity contribution is -0.133. The Morgan fingerprint density at radius 1 is 1.53 bits per heavy atom. The molecule has 8 heteroatoms. The largest absolute Gasteiger partial charge is 0.481 e. The van der Waals surface area contributed by atoms with Gasteiger partial charge in [-0.05, 0) is 27.1 Å². The molecule has 0 aliphatic heterocycles. The zero-order valence-corrected chi connectivity index (χ0v) is 10.8. The Hall–Kier alpha value is -1.28. The van der Waals surface area contributed by atoms with Gasteiger partial charge in [-0.15, -0.1) is 10.2 Å². The zero-order chi connectivity index (χ0) is 12.8. The van der Waals surface area contributed by atoms with Crippen LogP contribution in [0.15, 0.2) is 5.16 Å². The number of anilines is 1. The van der Waals surface area contributed by atoms with Gasteiger partial charge in [0.2, 0.25) is 5.95 Å². The molecule has 0 fully saturated rings. The fraction of sp³-hybridized carbons (Fsp3) is 0.667. The van der Waals surface area contributed by atoms with Crippen molar-refractivity contribution in [3.63, 3.8) is 0 Å². The molecule has 17 heavy (non-hydrogen) atoms. The van der Waals surface area contributed by atoms with E-state index in [0.717, 1.165) is 24.7 Å². The Bertz CT molecular complexity index is 379. The van der Waals surface area contributed by atoms with Crippen LogP contribution in [0.2, 0.25) is 0 Å². The topological polar surface area (TPSA) is 97.3 Å². The molecule has 0 unspecified atom stereocenters. The number of rotatable bonds is 7. The maximum absolute atomic E-state index is 10.5. The normalized spacial score (nSPS) is 11.0. The van der Waals surface area contributed by atoms with E-state index in [0.29, 0.717) is 17.6 Å². The van der Waals surface area contributed by atoms with E-state index in [9.17, 15) is 4.79 Å². The van der Waals surface area contributed by atoms with Crippen LogP contribution in [0.1, 0.15) is 6.42 Å². The average Bonchev–Trinajstić information content (AvgIpc) is 2.57. The lowest BCUT2D eigenvalue weighted by atomic mass is 10.4. The summed E-state index contributed by atoms with van der Waals surface area (Å²) in [6, 6.07) is 0. The summed E-state index contributed by atoms with van der Waals surface area (Å²) in [4.78, 5) is 12.6. The number of aliphatic carboxylic acids is 1. The third-order valence-corrected chi connectivity index (χ3v) is 3.01. The number of aromatic nitrogens is 3. The molecule has 1 rings (SSSR count). The second-order valence-electron chi connectivity index (χ2n) is 3.83. The molecule has 0 aliphatic rings. The van der Waals surface area contributed by atoms with Crippen LogP contribution in [0.5, 0.6) is 0 Å². The van der Waals surface area contributed by atoms with Gasteiger partial charge in [-0.2, -0.15) is 0 Å². The van der Waals surface area contributed by atoms with Crippen molar-refractivity contribution in [1.29, 1.82) is 0 Å². The summed E-state index contributed by atoms with van der Waals surface area (Å²) >= 11 is 1.13. The molecule has 0 radical (unpaired) electrons. The molecule has 0 amide bonds. The summed E-state index contributed by atoms with van der Waals surface area (Å²) < 4.78 is 1.75. The molecule has 0 aliphatic carbocycles. The lowest BCUT2D eigenvalue weighted by Crippen LogP contribution is -2.16. The summed E-state index contributed by atoms with van der Waals surface area (Å²) in [6.07, 6.45) is 0.913. The number of carbonyl (C=O) groups is 1. The van der Waals surface area contributed by atoms with E-state index >= 15 is 0 Å². The Kier molecular flexibility index (Phi) is 5.23. The summed E-state index contributed by atoms with van der Waals surface area (Å²) in [6.45, 7) is 1.62. The maximum atomic E-state index is 10.5. The molecule has 0 atom stereocenters. The molecular formula is C9H17N5O2S. The summed E-state index contributed by atoms with van der Waals surface area (Å²) in [5.41, 5.74) is 5.68. The molecule has 1 aromatic heterocycles. The first-order valence-corrected chi connectivity index (χ1v) is 6.17. The highest BCUT2D eigenvalue weighted by Crippen LogP contribution is 2.18. The van der Waals surface area contributed by atoms with Gasteiger partial charge in [-0.25, -0.2) is 0 Å². The Labute approximate surface area is 104 Å². The van der Waals surface area contributed by atoms with E-state index in [-0.39, 0.29) is 5.75 Å². The Morgan fingerprint density at radius 2 is 2.24 bits per heavy atom. The van der Waals surface area contributed by atoms with Crippen LogP contribution in [0.4, 0.5) is 5.95 Å². The second-order valence-corrected chi connectivity index (χ2v) is 4.77. The van der Waals surface area contributed by atoms with Gasteiger partial charge in [0.1, 0.15) is 0 Å². The van der Waals surface area contributed by atoms with Crippen molar-refractivity contribution >= 4 is 23.7 Å². The van der Waals surface area contributed by atoms with Gasteiger partial charge in [0.05, 0.1) is 5.75 Å². The molecule has 0 saturated heterocycles. The van der Waals surface area contributed by atoms with Gasteiger partial charge in [-0.1, -0.05) is 11.8 Å². The smallest absolute Gasteiger partial charge is 0.313 e. The molecule has 0 aromatic carbocycles. The fourth-order valence-electron chi connectivity index (χ4n) is 1.29. The van der Waals surface area contributed by atoms with Crippen LogP contribution in [-0.2, 0) is 11.3 Å². The van der Waals surface area contributed by atoms with Crippen LogP contribution in [0.25, 0.3) is 0 Å². The van der Waals surface area contributed by atoms with Gasteiger partial charge in [0.15, 0.2) is 5.16 Å². The molecule has 1 heterocycles. The van der Waals surface area contributed by atoms with Crippen molar-refractivity contribution in [3.8, 4) is 0 Å². The van der Waals surface area contributed by atoms with E-state index in [2.05, 4.69) is 15.1 Å². The third kappa shape index (κ3) is 4.61. The minimum atomic E-state index is -0.878. The highest BCUT2D eigenvalue weighted by molar-refractivity contribution is 7.99. The molecule has 0 bridgehead atoms. The van der Waals surface area contributed by atoms with Gasteiger partial charge < -0.3 is 15.7 Å². The molecule has 7 nitrogen and oxygen atoms in total. The lowest BCUT2D eigenvalue weighted by Gasteiger charge is -2.11. The van der Waals surface area contributed by atoms with Crippen molar-refractivity contribution < 1.29 is 9.90 Å². The summed E-state index contributed by atoms with van der Waals surface area (Å²) in [7, 11) is 3.99. The minimum Gasteiger partial charge on any atom is -0.481 e. The molecule has 0 saturated carbocycles. The third-order valence-electron chi connectivity index (χ3n) is 2.06. The van der Waals surface area contributed by atoms with Crippen molar-refractivity contribution in [2.75, 3.05) is 32.1 Å². The molecular weight excluding hydrogens is 242 g/mol. The summed E-state index contributed by atoms with van der Waals surface area (Å²) in [5.74, 6) is -0.584. The number of nitrogens with zero attached hydrogens (tertiary/aromatic N) is 4. The van der Waals surface area contributed by atoms with Crippen LogP contribution in [-0.4, -0.2) is 57.1 Å². The van der Waals surface area contributed by atoms with Gasteiger partial charge in [-0.3, -0.25) is 9.36 Å². The van der Waals surface area contributed by atoms with E-state index in [1.165, 1.54) is 0 Å². The Morgan fingerprint density at radius 3 is 2.82 bits per heavy atom. The van der Waals surface area contributed by atoms with Crippen molar-refractivity contribution in [3.05, 3.63) is 0 Å². The van der Waals surface area contributed by atoms with Crippen LogP contribution >= 0.6 is 11.8 Å². The van der Waals surface area contributed by atoms with Crippen molar-refractivity contribution in [1.82, 2.24) is 19.7 Å². The standard InChI is InChI=1S/C9H17N5O2S/c1-13(2)4-3-5-14-8(10)11-12-9(14)17-6-7(15)16/h3-6H2,1-2H3,(H2,10,11)(H,15,16). The fourth-order valence-corrected chi connectivity index (χ4v) is 1.98. The molecule has 0 spiro atoms. The number of nitrogens with two attached hydrogens (primary N) is 1. The van der Waals surface area contributed by atoms with Gasteiger partial charge in [0, 0.05) is 6.54 Å². The van der Waals surface area contributed by atoms with Crippen molar-refractivity contribution in [2.24, 2.45) is 0 Å². The van der Waals surface area contributed by atoms with Gasteiger partial charge >= 0.3 is 5.97 Å². The molecule has 3 N–H and O–H groups in total. The monoisotopic (exact) mass is 259 g/mol. The number of thioether (sulfide) groups is 1. The first kappa shape index (κ1) is 13.8. The zero-order valence-electron chi connectivity index (χ0n) is 9.96. The van der Waals surface area contributed by atoms with E-state index in [1.54, 1.807) is 4.57 Å². The van der Waals surface area contributed by atoms with E-state index < -0.39 is 5.97 Å². The predicted molar refractivity (Wildman–Crippen MR) is 66.0 cm³/mol. The average molecular weight is 259 g/mol. The minimum absolute atomic E-state index is 0.0359. The van der Waals surface area contributed by atoms with Crippen LogP contribution < -0.4 is 5.73 Å². The van der Waals surface area contributed by atoms with Crippen LogP contribution in [0, 0.1) is 0 Å². The maximum Gasteiger partial charge on any atom is 0.313 e. The van der Waals surface area contributed by atoms with Gasteiger partial charge in [0.25, 0.3) is 0 Å². The van der Waals surface area contributed by atoms with E-state index in [1.807, 2.05) is 14.1 Å². The van der Waals surface area contributed by atoms with Crippen LogP contribution in [0.3, 0.4) is 0 Å². The summed E-state index contributed by atoms with van der Waals surface area (Å²) in [5, 5.41) is 16.8. The number of carboxylic acid groups (broad SMARTS) is 1. The first-order chi connectivity index (χ1) is 8.00. The SMILES string of the molecule is CN(C)CCCn1c(N)nnc1SCC(=O)O. The first-order valence-electron chi connectivity index (χ1n) is 5.18. The highest BCUT2D eigenvalue weighted by Gasteiger charge is 2.11. The predicted octanol–water partition coefficient (Wildman–Crippen LogP) is -0.0113. The number of carboxylic acids is 1. The number of hydrogen-bond acceptors (Lipinski definition) is 6. The quantitative estimate of drug-likeness (QED) is 0.664. The Balaban J connectivity index is 2.56.